The molecule has 0 bridgehead atoms. The predicted octanol–water partition coefficient (Wildman–Crippen LogP) is 2.03. The number of hydrogen-bond acceptors (Lipinski definition) is 6. The number of rotatable bonds is 5. The molecule has 0 unspecified atom stereocenters. The molecule has 2 aromatic rings. The van der Waals surface area contributed by atoms with Crippen LogP contribution >= 0.6 is 0 Å². The van der Waals surface area contributed by atoms with Crippen LogP contribution in [0.1, 0.15) is 0 Å². The van der Waals surface area contributed by atoms with Crippen LogP contribution in [0.3, 0.4) is 0 Å². The van der Waals surface area contributed by atoms with Crippen molar-refractivity contribution in [2.75, 3.05) is 37.7 Å². The number of anilines is 1. The molecule has 0 aromatic heterocycles. The zero-order valence-electron chi connectivity index (χ0n) is 14.1. The highest BCUT2D eigenvalue weighted by Crippen LogP contribution is 2.28. The largest absolute Gasteiger partial charge is 0.506 e. The Bertz CT molecular complexity index is 803. The highest BCUT2D eigenvalue weighted by atomic mass is 16.6. The molecule has 1 heterocycles. The minimum Gasteiger partial charge on any atom is -0.506 e. The summed E-state index contributed by atoms with van der Waals surface area (Å²) in [4.78, 5) is 26.4. The van der Waals surface area contributed by atoms with Crippen LogP contribution in [-0.2, 0) is 4.79 Å². The number of nitrogens with zero attached hydrogens (tertiary/aromatic N) is 3. The Morgan fingerprint density at radius 1 is 1.08 bits per heavy atom. The van der Waals surface area contributed by atoms with E-state index >= 15 is 0 Å². The molecule has 26 heavy (non-hydrogen) atoms. The van der Waals surface area contributed by atoms with Gasteiger partial charge in [-0.2, -0.15) is 0 Å². The first-order chi connectivity index (χ1) is 12.6. The van der Waals surface area contributed by atoms with Crippen LogP contribution in [0.15, 0.2) is 48.5 Å². The summed E-state index contributed by atoms with van der Waals surface area (Å²) < 4.78 is 5.36. The van der Waals surface area contributed by atoms with Crippen LogP contribution in [0, 0.1) is 10.1 Å². The van der Waals surface area contributed by atoms with Gasteiger partial charge in [-0.25, -0.2) is 0 Å². The van der Waals surface area contributed by atoms with Gasteiger partial charge in [0.05, 0.1) is 10.6 Å². The van der Waals surface area contributed by atoms with Crippen LogP contribution in [0.2, 0.25) is 0 Å². The molecule has 2 aromatic carbocycles. The maximum atomic E-state index is 12.3. The Labute approximate surface area is 150 Å². The molecule has 1 aliphatic rings. The van der Waals surface area contributed by atoms with Gasteiger partial charge in [0.2, 0.25) is 0 Å². The fraction of sp³-hybridized carbons (Fsp3) is 0.278. The predicted molar refractivity (Wildman–Crippen MR) is 95.5 cm³/mol. The molecule has 136 valence electrons. The maximum Gasteiger partial charge on any atom is 0.310 e. The molecule has 0 saturated carbocycles. The monoisotopic (exact) mass is 357 g/mol. The van der Waals surface area contributed by atoms with Crippen molar-refractivity contribution in [1.29, 1.82) is 0 Å². The van der Waals surface area contributed by atoms with Gasteiger partial charge in [0.25, 0.3) is 5.91 Å². The molecule has 0 aliphatic carbocycles. The fourth-order valence-electron chi connectivity index (χ4n) is 2.89. The molecular formula is C18H19N3O5. The van der Waals surface area contributed by atoms with Crippen LogP contribution in [0.25, 0.3) is 0 Å². The lowest BCUT2D eigenvalue weighted by molar-refractivity contribution is -0.385. The Balaban J connectivity index is 1.55. The minimum absolute atomic E-state index is 0.0821. The summed E-state index contributed by atoms with van der Waals surface area (Å²) in [6, 6.07) is 13.1. The number of phenols is 1. The number of phenolic OH excluding ortho intramolecular Hbond substituents is 1. The lowest BCUT2D eigenvalue weighted by Gasteiger charge is -2.36. The first-order valence-electron chi connectivity index (χ1n) is 8.23. The summed E-state index contributed by atoms with van der Waals surface area (Å²) in [6.07, 6.45) is 0. The molecular weight excluding hydrogens is 338 g/mol. The third kappa shape index (κ3) is 3.85. The van der Waals surface area contributed by atoms with Gasteiger partial charge in [-0.1, -0.05) is 24.3 Å². The Morgan fingerprint density at radius 2 is 1.73 bits per heavy atom. The summed E-state index contributed by atoms with van der Waals surface area (Å²) in [5.74, 6) is 0.0748. The smallest absolute Gasteiger partial charge is 0.310 e. The lowest BCUT2D eigenvalue weighted by Crippen LogP contribution is -2.50. The van der Waals surface area contributed by atoms with E-state index in [9.17, 15) is 20.0 Å². The second kappa shape index (κ2) is 7.73. The van der Waals surface area contributed by atoms with Crippen molar-refractivity contribution in [2.24, 2.45) is 0 Å². The summed E-state index contributed by atoms with van der Waals surface area (Å²) in [5.41, 5.74) is 0.584. The molecule has 8 heteroatoms. The summed E-state index contributed by atoms with van der Waals surface area (Å²) in [5, 5.41) is 20.9. The number of nitro groups is 1. The van der Waals surface area contributed by atoms with Crippen LogP contribution in [-0.4, -0.2) is 53.6 Å². The number of piperazine rings is 1. The van der Waals surface area contributed by atoms with Gasteiger partial charge in [-0.3, -0.25) is 14.9 Å². The van der Waals surface area contributed by atoms with E-state index in [0.29, 0.717) is 26.2 Å². The number of para-hydroxylation sites is 4. The SMILES string of the molecule is O=C(COc1ccccc1[N+](=O)[O-])N1CCN(c2ccccc2O)CC1. The standard InChI is InChI=1S/C18H19N3O5/c22-16-7-3-1-5-14(16)19-9-11-20(12-10-19)18(23)13-26-17-8-4-2-6-15(17)21(24)25/h1-8,22H,9-13H2. The number of hydrogen-bond donors (Lipinski definition) is 1. The molecule has 1 N–H and O–H groups in total. The van der Waals surface area contributed by atoms with Crippen LogP contribution in [0.5, 0.6) is 11.5 Å². The van der Waals surface area contributed by atoms with Gasteiger partial charge in [0, 0.05) is 32.2 Å². The van der Waals surface area contributed by atoms with E-state index < -0.39 is 4.92 Å². The molecule has 1 aliphatic heterocycles. The van der Waals surface area contributed by atoms with Crippen molar-refractivity contribution in [3.63, 3.8) is 0 Å². The number of carbonyl (C=O) groups excluding carboxylic acids is 1. The number of ether oxygens (including phenoxy) is 1. The summed E-state index contributed by atoms with van der Waals surface area (Å²) in [7, 11) is 0. The summed E-state index contributed by atoms with van der Waals surface area (Å²) in [6.45, 7) is 1.92. The number of aromatic hydroxyl groups is 1. The van der Waals surface area contributed by atoms with E-state index in [1.54, 1.807) is 29.2 Å². The second-order valence-corrected chi connectivity index (χ2v) is 5.87. The maximum absolute atomic E-state index is 12.3. The first-order valence-corrected chi connectivity index (χ1v) is 8.23. The van der Waals surface area contributed by atoms with Crippen molar-refractivity contribution >= 4 is 17.3 Å². The number of nitro benzene ring substituents is 1. The molecule has 1 saturated heterocycles. The van der Waals surface area contributed by atoms with Gasteiger partial charge >= 0.3 is 5.69 Å². The van der Waals surface area contributed by atoms with E-state index in [0.717, 1.165) is 5.69 Å². The third-order valence-corrected chi connectivity index (χ3v) is 4.27. The highest BCUT2D eigenvalue weighted by molar-refractivity contribution is 5.78. The van der Waals surface area contributed by atoms with Crippen LogP contribution < -0.4 is 9.64 Å². The minimum atomic E-state index is -0.537. The zero-order chi connectivity index (χ0) is 18.5. The van der Waals surface area contributed by atoms with E-state index in [1.807, 2.05) is 17.0 Å². The molecule has 0 radical (unpaired) electrons. The Hall–Kier alpha value is -3.29. The molecule has 0 atom stereocenters. The van der Waals surface area contributed by atoms with Gasteiger partial charge in [0.15, 0.2) is 12.4 Å². The molecule has 8 nitrogen and oxygen atoms in total. The van der Waals surface area contributed by atoms with Gasteiger partial charge < -0.3 is 19.6 Å². The van der Waals surface area contributed by atoms with Crippen molar-refractivity contribution in [3.05, 3.63) is 58.6 Å². The Kier molecular flexibility index (Phi) is 5.21. The van der Waals surface area contributed by atoms with Crippen molar-refractivity contribution in [3.8, 4) is 11.5 Å². The number of amides is 1. The Morgan fingerprint density at radius 3 is 2.42 bits per heavy atom. The third-order valence-electron chi connectivity index (χ3n) is 4.27. The summed E-state index contributed by atoms with van der Waals surface area (Å²) >= 11 is 0. The van der Waals surface area contributed by atoms with E-state index in [4.69, 9.17) is 4.74 Å². The van der Waals surface area contributed by atoms with Crippen molar-refractivity contribution < 1.29 is 19.6 Å². The number of benzene rings is 2. The second-order valence-electron chi connectivity index (χ2n) is 5.87. The van der Waals surface area contributed by atoms with Crippen LogP contribution in [0.4, 0.5) is 11.4 Å². The van der Waals surface area contributed by atoms with E-state index in [-0.39, 0.29) is 29.7 Å². The molecule has 0 spiro atoms. The zero-order valence-corrected chi connectivity index (χ0v) is 14.1. The lowest BCUT2D eigenvalue weighted by atomic mass is 10.2. The van der Waals surface area contributed by atoms with Crippen molar-refractivity contribution in [1.82, 2.24) is 4.90 Å². The van der Waals surface area contributed by atoms with E-state index in [1.165, 1.54) is 12.1 Å². The number of carbonyl (C=O) groups is 1. The molecule has 1 amide bonds. The van der Waals surface area contributed by atoms with Crippen molar-refractivity contribution in [2.45, 2.75) is 0 Å². The van der Waals surface area contributed by atoms with E-state index in [2.05, 4.69) is 0 Å². The topological polar surface area (TPSA) is 96.1 Å². The first kappa shape index (κ1) is 17.5. The molecule has 3 rings (SSSR count). The van der Waals surface area contributed by atoms with Gasteiger partial charge in [0.1, 0.15) is 5.75 Å². The fourth-order valence-corrected chi connectivity index (χ4v) is 2.89. The molecule has 1 fully saturated rings. The average Bonchev–Trinajstić information content (AvgIpc) is 2.67. The quantitative estimate of drug-likeness (QED) is 0.650. The van der Waals surface area contributed by atoms with Gasteiger partial charge in [-0.05, 0) is 18.2 Å². The normalized spacial score (nSPS) is 14.2. The average molecular weight is 357 g/mol. The van der Waals surface area contributed by atoms with Gasteiger partial charge in [-0.15, -0.1) is 0 Å². The highest BCUT2D eigenvalue weighted by Gasteiger charge is 2.23.